The van der Waals surface area contributed by atoms with E-state index in [2.05, 4.69) is 9.97 Å². The Balaban J connectivity index is 1.80. The number of hydrogen-bond acceptors (Lipinski definition) is 3. The Morgan fingerprint density at radius 2 is 2.21 bits per heavy atom. The lowest BCUT2D eigenvalue weighted by Gasteiger charge is -2.26. The molecule has 128 valence electrons. The van der Waals surface area contributed by atoms with Crippen LogP contribution in [-0.2, 0) is 19.4 Å². The van der Waals surface area contributed by atoms with Crippen LogP contribution in [0.25, 0.3) is 0 Å². The van der Waals surface area contributed by atoms with Crippen molar-refractivity contribution in [3.05, 3.63) is 63.1 Å². The molecule has 0 bridgehead atoms. The first-order valence-corrected chi connectivity index (χ1v) is 8.42. The molecule has 6 heteroatoms. The molecule has 2 atom stereocenters. The summed E-state index contributed by atoms with van der Waals surface area (Å²) in [5, 5.41) is 9.80. The van der Waals surface area contributed by atoms with E-state index in [9.17, 15) is 14.3 Å². The number of aromatic nitrogens is 2. The van der Waals surface area contributed by atoms with Crippen molar-refractivity contribution in [3.63, 3.8) is 0 Å². The van der Waals surface area contributed by atoms with Gasteiger partial charge in [0.15, 0.2) is 0 Å². The molecule has 0 aliphatic carbocycles. The number of aliphatic hydroxyl groups is 1. The van der Waals surface area contributed by atoms with Crippen molar-refractivity contribution in [1.82, 2.24) is 9.97 Å². The Labute approximate surface area is 140 Å². The number of rotatable bonds is 5. The number of aliphatic hydroxyl groups excluding tert-OH is 1. The molecule has 0 spiro atoms. The normalized spacial score (nSPS) is 18.2. The fraction of sp³-hybridized carbons (Fsp3) is 0.444. The topological polar surface area (TPSA) is 70.4 Å². The zero-order valence-corrected chi connectivity index (χ0v) is 13.8. The second-order valence-corrected chi connectivity index (χ2v) is 6.40. The van der Waals surface area contributed by atoms with E-state index in [1.54, 1.807) is 18.2 Å². The van der Waals surface area contributed by atoms with Gasteiger partial charge in [-0.25, -0.2) is 9.37 Å². The highest BCUT2D eigenvalue weighted by atomic mass is 19.1. The van der Waals surface area contributed by atoms with Gasteiger partial charge in [-0.15, -0.1) is 0 Å². The lowest BCUT2D eigenvalue weighted by Crippen LogP contribution is -3.13. The van der Waals surface area contributed by atoms with Gasteiger partial charge < -0.3 is 15.0 Å². The van der Waals surface area contributed by atoms with Crippen LogP contribution >= 0.6 is 0 Å². The highest BCUT2D eigenvalue weighted by Crippen LogP contribution is 2.11. The van der Waals surface area contributed by atoms with Gasteiger partial charge in [0.2, 0.25) is 0 Å². The van der Waals surface area contributed by atoms with E-state index in [1.165, 1.54) is 11.0 Å². The predicted octanol–water partition coefficient (Wildman–Crippen LogP) is 0.212. The summed E-state index contributed by atoms with van der Waals surface area (Å²) in [4.78, 5) is 20.9. The Morgan fingerprint density at radius 1 is 1.42 bits per heavy atom. The smallest absolute Gasteiger partial charge is 0.260 e. The molecular weight excluding hydrogens is 309 g/mol. The van der Waals surface area contributed by atoms with Gasteiger partial charge in [-0.1, -0.05) is 25.1 Å². The van der Waals surface area contributed by atoms with Gasteiger partial charge in [-0.3, -0.25) is 4.79 Å². The van der Waals surface area contributed by atoms with Gasteiger partial charge in [-0.2, -0.15) is 0 Å². The number of H-pyrrole nitrogens is 1. The van der Waals surface area contributed by atoms with Crippen LogP contribution in [0.15, 0.2) is 29.1 Å². The maximum absolute atomic E-state index is 13.8. The first kappa shape index (κ1) is 16.8. The Bertz CT molecular complexity index is 775. The minimum atomic E-state index is -0.339. The number of nitrogens with one attached hydrogen (secondary N) is 2. The number of hydrogen-bond donors (Lipinski definition) is 3. The Kier molecular flexibility index (Phi) is 5.06. The summed E-state index contributed by atoms with van der Waals surface area (Å²) < 4.78 is 13.8. The van der Waals surface area contributed by atoms with Crippen LogP contribution in [0.1, 0.15) is 36.0 Å². The number of nitrogens with zero attached hydrogens (tertiary/aromatic N) is 1. The first-order valence-electron chi connectivity index (χ1n) is 8.42. The molecule has 3 N–H and O–H groups in total. The molecule has 1 aromatic heterocycles. The molecule has 1 unspecified atom stereocenters. The Morgan fingerprint density at radius 3 is 2.96 bits per heavy atom. The van der Waals surface area contributed by atoms with E-state index in [1.807, 2.05) is 6.92 Å². The summed E-state index contributed by atoms with van der Waals surface area (Å²) in [5.41, 5.74) is 1.88. The molecule has 0 fully saturated rings. The molecule has 24 heavy (non-hydrogen) atoms. The van der Waals surface area contributed by atoms with Crippen LogP contribution in [0.3, 0.4) is 0 Å². The number of quaternary nitrogens is 1. The molecule has 0 saturated carbocycles. The monoisotopic (exact) mass is 332 g/mol. The lowest BCUT2D eigenvalue weighted by atomic mass is 10.1. The lowest BCUT2D eigenvalue weighted by molar-refractivity contribution is -0.919. The van der Waals surface area contributed by atoms with Gasteiger partial charge in [0.25, 0.3) is 5.56 Å². The molecule has 3 rings (SSSR count). The van der Waals surface area contributed by atoms with Crippen molar-refractivity contribution < 1.29 is 14.4 Å². The molecule has 5 nitrogen and oxygen atoms in total. The highest BCUT2D eigenvalue weighted by molar-refractivity contribution is 5.24. The maximum atomic E-state index is 13.8. The van der Waals surface area contributed by atoms with Gasteiger partial charge in [0.05, 0.1) is 17.8 Å². The summed E-state index contributed by atoms with van der Waals surface area (Å²) in [6.07, 6.45) is 1.36. The molecule has 1 aromatic carbocycles. The van der Waals surface area contributed by atoms with E-state index in [-0.39, 0.29) is 23.9 Å². The standard InChI is InChI=1S/C18H22FN3O2/c1-2-13(23)10-22-8-7-16-14(11-22)18(24)21-17(20-16)9-12-5-3-4-6-15(12)19/h3-6,13,23H,2,7-11H2,1H3,(H,20,21,24)/p+1/t13-/m0/s1. The third-order valence-corrected chi connectivity index (χ3v) is 4.60. The summed E-state index contributed by atoms with van der Waals surface area (Å²) >= 11 is 0. The van der Waals surface area contributed by atoms with Crippen LogP contribution in [0.4, 0.5) is 4.39 Å². The number of benzene rings is 1. The molecular formula is C18H23FN3O2+. The number of halogens is 1. The van der Waals surface area contributed by atoms with E-state index >= 15 is 0 Å². The minimum Gasteiger partial charge on any atom is -0.387 e. The molecule has 2 heterocycles. The fourth-order valence-electron chi connectivity index (χ4n) is 3.18. The number of aromatic amines is 1. The van der Waals surface area contributed by atoms with Crippen molar-refractivity contribution in [3.8, 4) is 0 Å². The molecule has 1 aliphatic heterocycles. The highest BCUT2D eigenvalue weighted by Gasteiger charge is 2.25. The maximum Gasteiger partial charge on any atom is 0.260 e. The van der Waals surface area contributed by atoms with E-state index in [4.69, 9.17) is 0 Å². The minimum absolute atomic E-state index is 0.144. The molecule has 0 radical (unpaired) electrons. The molecule has 1 aliphatic rings. The summed E-state index contributed by atoms with van der Waals surface area (Å²) in [6, 6.07) is 6.53. The van der Waals surface area contributed by atoms with Crippen LogP contribution < -0.4 is 10.5 Å². The van der Waals surface area contributed by atoms with Gasteiger partial charge in [-0.05, 0) is 18.1 Å². The van der Waals surface area contributed by atoms with Crippen molar-refractivity contribution in [2.75, 3.05) is 13.1 Å². The third-order valence-electron chi connectivity index (χ3n) is 4.60. The quantitative estimate of drug-likeness (QED) is 0.733. The molecule has 0 saturated heterocycles. The van der Waals surface area contributed by atoms with Gasteiger partial charge in [0, 0.05) is 12.8 Å². The third kappa shape index (κ3) is 3.71. The second-order valence-electron chi connectivity index (χ2n) is 6.40. The van der Waals surface area contributed by atoms with Crippen LogP contribution in [0.2, 0.25) is 0 Å². The van der Waals surface area contributed by atoms with Gasteiger partial charge >= 0.3 is 0 Å². The first-order chi connectivity index (χ1) is 11.6. The van der Waals surface area contributed by atoms with E-state index in [0.29, 0.717) is 42.9 Å². The van der Waals surface area contributed by atoms with Gasteiger partial charge in [0.1, 0.15) is 30.8 Å². The Hall–Kier alpha value is -2.05. The zero-order chi connectivity index (χ0) is 17.1. The molecule has 2 aromatic rings. The fourth-order valence-corrected chi connectivity index (χ4v) is 3.18. The number of fused-ring (bicyclic) bond motifs is 1. The second kappa shape index (κ2) is 7.23. The zero-order valence-electron chi connectivity index (χ0n) is 13.8. The summed E-state index contributed by atoms with van der Waals surface area (Å²) in [6.45, 7) is 4.02. The van der Waals surface area contributed by atoms with Crippen molar-refractivity contribution >= 4 is 0 Å². The van der Waals surface area contributed by atoms with Crippen molar-refractivity contribution in [1.29, 1.82) is 0 Å². The summed E-state index contributed by atoms with van der Waals surface area (Å²) in [7, 11) is 0. The largest absolute Gasteiger partial charge is 0.387 e. The van der Waals surface area contributed by atoms with Crippen LogP contribution in [0.5, 0.6) is 0 Å². The van der Waals surface area contributed by atoms with Crippen LogP contribution in [0, 0.1) is 5.82 Å². The average Bonchev–Trinajstić information content (AvgIpc) is 2.57. The average molecular weight is 332 g/mol. The van der Waals surface area contributed by atoms with Crippen molar-refractivity contribution in [2.45, 2.75) is 38.8 Å². The molecule has 0 amide bonds. The van der Waals surface area contributed by atoms with Crippen molar-refractivity contribution in [2.24, 2.45) is 0 Å². The SMILES string of the molecule is CC[C@H](O)C[NH+]1CCc2nc(Cc3ccccc3F)[nH]c(=O)c2C1. The summed E-state index contributed by atoms with van der Waals surface area (Å²) in [5.74, 6) is 0.211. The predicted molar refractivity (Wildman–Crippen MR) is 88.5 cm³/mol. The van der Waals surface area contributed by atoms with E-state index < -0.39 is 0 Å². The van der Waals surface area contributed by atoms with E-state index in [0.717, 1.165) is 12.2 Å². The van der Waals surface area contributed by atoms with Crippen LogP contribution in [-0.4, -0.2) is 34.3 Å².